The van der Waals surface area contributed by atoms with E-state index in [0.29, 0.717) is 12.4 Å². The van der Waals surface area contributed by atoms with Crippen LogP contribution in [0.3, 0.4) is 0 Å². The number of pyridine rings is 1. The lowest BCUT2D eigenvalue weighted by Gasteiger charge is -2.08. The summed E-state index contributed by atoms with van der Waals surface area (Å²) >= 11 is 0. The van der Waals surface area contributed by atoms with Gasteiger partial charge in [0.1, 0.15) is 0 Å². The first-order chi connectivity index (χ1) is 13.4. The van der Waals surface area contributed by atoms with E-state index >= 15 is 0 Å². The number of hydrogen-bond donors (Lipinski definition) is 1. The lowest BCUT2D eigenvalue weighted by atomic mass is 10.3. The zero-order chi connectivity index (χ0) is 20.1. The molecule has 0 atom stereocenters. The molecule has 0 bridgehead atoms. The van der Waals surface area contributed by atoms with Crippen LogP contribution in [0, 0.1) is 10.1 Å². The molecule has 0 saturated heterocycles. The number of nitrogens with zero attached hydrogens (tertiary/aromatic N) is 4. The van der Waals surface area contributed by atoms with Gasteiger partial charge >= 0.3 is 11.8 Å². The minimum Gasteiger partial charge on any atom is -0.445 e. The van der Waals surface area contributed by atoms with Crippen molar-refractivity contribution in [3.8, 4) is 11.8 Å². The summed E-state index contributed by atoms with van der Waals surface area (Å²) < 4.78 is 34.6. The van der Waals surface area contributed by atoms with Crippen LogP contribution in [0.25, 0.3) is 5.82 Å². The molecule has 1 aromatic carbocycles. The van der Waals surface area contributed by atoms with Crippen molar-refractivity contribution in [1.29, 1.82) is 0 Å². The van der Waals surface area contributed by atoms with E-state index in [1.54, 1.807) is 36.0 Å². The van der Waals surface area contributed by atoms with E-state index < -0.39 is 14.9 Å². The van der Waals surface area contributed by atoms with Crippen molar-refractivity contribution in [2.75, 3.05) is 11.3 Å². The predicted molar refractivity (Wildman–Crippen MR) is 98.6 cm³/mol. The summed E-state index contributed by atoms with van der Waals surface area (Å²) in [5, 5.41) is 10.7. The number of rotatable bonds is 7. The fourth-order valence-electron chi connectivity index (χ4n) is 2.29. The van der Waals surface area contributed by atoms with Gasteiger partial charge < -0.3 is 4.74 Å². The predicted octanol–water partition coefficient (Wildman–Crippen LogP) is 1.86. The van der Waals surface area contributed by atoms with E-state index in [1.165, 1.54) is 6.07 Å². The fourth-order valence-corrected chi connectivity index (χ4v) is 3.28. The summed E-state index contributed by atoms with van der Waals surface area (Å²) in [6, 6.07) is 11.4. The van der Waals surface area contributed by atoms with E-state index in [-0.39, 0.29) is 22.4 Å². The Balaban J connectivity index is 1.96. The van der Waals surface area contributed by atoms with Crippen LogP contribution in [0.4, 0.5) is 11.5 Å². The second kappa shape index (κ2) is 7.96. The maximum Gasteiger partial charge on any atom is 0.435 e. The van der Waals surface area contributed by atoms with Gasteiger partial charge in [0.2, 0.25) is 0 Å². The summed E-state index contributed by atoms with van der Waals surface area (Å²) in [4.78, 5) is 18.3. The molecule has 0 spiro atoms. The molecule has 10 nitrogen and oxygen atoms in total. The number of nitro groups is 1. The lowest BCUT2D eigenvalue weighted by molar-refractivity contribution is -0.599. The molecule has 3 rings (SSSR count). The molecular formula is C17H16N5O5S+. The van der Waals surface area contributed by atoms with Crippen LogP contribution < -0.4 is 14.0 Å². The molecule has 144 valence electrons. The normalized spacial score (nSPS) is 11.0. The average Bonchev–Trinajstić information content (AvgIpc) is 2.68. The third-order valence-corrected chi connectivity index (χ3v) is 4.91. The number of benzene rings is 1. The molecule has 0 aliphatic rings. The summed E-state index contributed by atoms with van der Waals surface area (Å²) in [5.41, 5.74) is -0.206. The Morgan fingerprint density at radius 2 is 1.82 bits per heavy atom. The van der Waals surface area contributed by atoms with Gasteiger partial charge in [-0.25, -0.2) is 13.0 Å². The second-order valence-corrected chi connectivity index (χ2v) is 7.15. The highest BCUT2D eigenvalue weighted by atomic mass is 32.2. The molecule has 11 heteroatoms. The Morgan fingerprint density at radius 1 is 1.14 bits per heavy atom. The molecule has 0 aliphatic carbocycles. The number of nitrogens with one attached hydrogen (secondary N) is 1. The van der Waals surface area contributed by atoms with E-state index in [0.717, 1.165) is 24.3 Å². The highest BCUT2D eigenvalue weighted by molar-refractivity contribution is 7.92. The Kier molecular flexibility index (Phi) is 5.45. The van der Waals surface area contributed by atoms with Crippen molar-refractivity contribution in [3.05, 3.63) is 71.0 Å². The molecule has 0 fully saturated rings. The van der Waals surface area contributed by atoms with Crippen molar-refractivity contribution in [2.45, 2.75) is 11.8 Å². The largest absolute Gasteiger partial charge is 0.445 e. The third kappa shape index (κ3) is 4.38. The molecule has 0 amide bonds. The van der Waals surface area contributed by atoms with Crippen LogP contribution in [0.15, 0.2) is 65.8 Å². The van der Waals surface area contributed by atoms with Crippen molar-refractivity contribution in [3.63, 3.8) is 0 Å². The highest BCUT2D eigenvalue weighted by Gasteiger charge is 2.21. The van der Waals surface area contributed by atoms with Gasteiger partial charge in [0.05, 0.1) is 34.9 Å². The van der Waals surface area contributed by atoms with Crippen molar-refractivity contribution >= 4 is 21.5 Å². The first-order valence-corrected chi connectivity index (χ1v) is 9.63. The summed E-state index contributed by atoms with van der Waals surface area (Å²) in [5.74, 6) is 0.406. The van der Waals surface area contributed by atoms with Gasteiger partial charge in [-0.1, -0.05) is 6.07 Å². The quantitative estimate of drug-likeness (QED) is 0.363. The van der Waals surface area contributed by atoms with Gasteiger partial charge in [0.15, 0.2) is 5.82 Å². The standard InChI is InChI=1S/C17H16N5O5S/c1-2-27-17-18-15(12-16(19-17)21-10-4-3-5-11-21)20-28(25,26)14-8-6-13(7-9-14)22(23)24/h3-12H,2H2,1H3,(H,18,19,20)/q+1. The number of hydrogen-bond acceptors (Lipinski definition) is 7. The van der Waals surface area contributed by atoms with E-state index in [1.807, 2.05) is 6.07 Å². The van der Waals surface area contributed by atoms with E-state index in [9.17, 15) is 18.5 Å². The summed E-state index contributed by atoms with van der Waals surface area (Å²) in [7, 11) is -4.01. The summed E-state index contributed by atoms with van der Waals surface area (Å²) in [6.07, 6.45) is 3.49. The number of aromatic nitrogens is 3. The van der Waals surface area contributed by atoms with Gasteiger partial charge in [0, 0.05) is 17.1 Å². The van der Waals surface area contributed by atoms with Crippen molar-refractivity contribution in [1.82, 2.24) is 9.97 Å². The molecule has 2 heterocycles. The molecular weight excluding hydrogens is 386 g/mol. The minimum atomic E-state index is -4.01. The Hall–Kier alpha value is -3.60. The first kappa shape index (κ1) is 19.2. The Morgan fingerprint density at radius 3 is 2.43 bits per heavy atom. The number of ether oxygens (including phenoxy) is 1. The average molecular weight is 402 g/mol. The molecule has 3 aromatic rings. The van der Waals surface area contributed by atoms with Crippen LogP contribution in [0.2, 0.25) is 0 Å². The lowest BCUT2D eigenvalue weighted by Crippen LogP contribution is -2.31. The van der Waals surface area contributed by atoms with E-state index in [2.05, 4.69) is 14.7 Å². The first-order valence-electron chi connectivity index (χ1n) is 8.15. The molecule has 0 unspecified atom stereocenters. The molecule has 0 aliphatic heterocycles. The van der Waals surface area contributed by atoms with Crippen LogP contribution >= 0.6 is 0 Å². The van der Waals surface area contributed by atoms with Gasteiger partial charge in [0.25, 0.3) is 15.7 Å². The number of anilines is 1. The molecule has 1 N–H and O–H groups in total. The van der Waals surface area contributed by atoms with Crippen LogP contribution in [-0.4, -0.2) is 29.9 Å². The van der Waals surface area contributed by atoms with Crippen molar-refractivity contribution < 1.29 is 22.6 Å². The van der Waals surface area contributed by atoms with Crippen molar-refractivity contribution in [2.24, 2.45) is 0 Å². The zero-order valence-corrected chi connectivity index (χ0v) is 15.5. The monoisotopic (exact) mass is 402 g/mol. The molecule has 0 radical (unpaired) electrons. The highest BCUT2D eigenvalue weighted by Crippen LogP contribution is 2.20. The van der Waals surface area contributed by atoms with Gasteiger partial charge in [-0.2, -0.15) is 4.98 Å². The van der Waals surface area contributed by atoms with Gasteiger partial charge in [-0.05, 0) is 31.2 Å². The Labute approximate surface area is 160 Å². The number of non-ortho nitro benzene ring substituents is 1. The topological polar surface area (TPSA) is 128 Å². The smallest absolute Gasteiger partial charge is 0.435 e. The molecule has 2 aromatic heterocycles. The maximum atomic E-state index is 12.6. The van der Waals surface area contributed by atoms with Crippen LogP contribution in [0.5, 0.6) is 6.01 Å². The SMILES string of the molecule is CCOc1nc(NS(=O)(=O)c2ccc([N+](=O)[O-])cc2)cc(-[n+]2ccccc2)n1. The molecule has 0 saturated carbocycles. The fraction of sp³-hybridized carbons (Fsp3) is 0.118. The Bertz CT molecular complexity index is 1090. The zero-order valence-electron chi connectivity index (χ0n) is 14.7. The van der Waals surface area contributed by atoms with Gasteiger partial charge in [-0.15, -0.1) is 0 Å². The van der Waals surface area contributed by atoms with Gasteiger partial charge in [-0.3, -0.25) is 14.8 Å². The maximum absolute atomic E-state index is 12.6. The molecule has 28 heavy (non-hydrogen) atoms. The van der Waals surface area contributed by atoms with Crippen LogP contribution in [-0.2, 0) is 10.0 Å². The number of sulfonamides is 1. The second-order valence-electron chi connectivity index (χ2n) is 5.47. The van der Waals surface area contributed by atoms with Crippen LogP contribution in [0.1, 0.15) is 6.92 Å². The summed E-state index contributed by atoms with van der Waals surface area (Å²) in [6.45, 7) is 2.06. The third-order valence-electron chi connectivity index (χ3n) is 3.54. The minimum absolute atomic E-state index is 0.00292. The number of nitro benzene ring substituents is 1. The van der Waals surface area contributed by atoms with E-state index in [4.69, 9.17) is 4.74 Å².